The minimum absolute atomic E-state index is 0.00560. The fraction of sp³-hybridized carbons (Fsp3) is 0.318. The maximum absolute atomic E-state index is 13.4. The molecule has 4 rings (SSSR count). The Morgan fingerprint density at radius 3 is 2.41 bits per heavy atom. The summed E-state index contributed by atoms with van der Waals surface area (Å²) in [7, 11) is 0. The first kappa shape index (κ1) is 19.0. The Morgan fingerprint density at radius 2 is 1.86 bits per heavy atom. The quantitative estimate of drug-likeness (QED) is 0.696. The van der Waals surface area contributed by atoms with Crippen LogP contribution in [0.3, 0.4) is 0 Å². The van der Waals surface area contributed by atoms with E-state index < -0.39 is 5.91 Å². The summed E-state index contributed by atoms with van der Waals surface area (Å²) in [4.78, 5) is 26.6. The van der Waals surface area contributed by atoms with Gasteiger partial charge in [0.1, 0.15) is 5.76 Å². The molecule has 0 unspecified atom stereocenters. The normalized spacial score (nSPS) is 13.5. The molecular weight excluding hydrogens is 368 g/mol. The zero-order valence-corrected chi connectivity index (χ0v) is 16.8. The molecule has 0 bridgehead atoms. The Labute approximate surface area is 169 Å². The van der Waals surface area contributed by atoms with Crippen molar-refractivity contribution >= 4 is 11.8 Å². The number of carbonyl (C=O) groups excluding carboxylic acids is 2. The Kier molecular flexibility index (Phi) is 4.74. The molecule has 0 radical (unpaired) electrons. The van der Waals surface area contributed by atoms with Crippen LogP contribution in [0.25, 0.3) is 5.82 Å². The zero-order valence-electron chi connectivity index (χ0n) is 16.8. The summed E-state index contributed by atoms with van der Waals surface area (Å²) in [5.41, 5.74) is 9.19. The first-order valence-corrected chi connectivity index (χ1v) is 9.67. The van der Waals surface area contributed by atoms with Crippen LogP contribution < -0.4 is 5.73 Å². The van der Waals surface area contributed by atoms with Gasteiger partial charge in [0, 0.05) is 35.6 Å². The Hall–Kier alpha value is -3.35. The van der Waals surface area contributed by atoms with E-state index in [1.54, 1.807) is 12.1 Å². The number of primary amides is 1. The molecule has 2 aromatic heterocycles. The van der Waals surface area contributed by atoms with Crippen LogP contribution in [0.15, 0.2) is 40.9 Å². The van der Waals surface area contributed by atoms with E-state index in [1.165, 1.54) is 0 Å². The number of amides is 2. The molecule has 7 heteroatoms. The van der Waals surface area contributed by atoms with E-state index >= 15 is 0 Å². The van der Waals surface area contributed by atoms with E-state index in [0.29, 0.717) is 23.5 Å². The van der Waals surface area contributed by atoms with Gasteiger partial charge < -0.3 is 15.2 Å². The standard InChI is InChI=1S/C22H24N4O3/c1-13-10-19(15(3)26(13)20-11-14(2)29-24-20)22(28)25(18-8-9-18)12-16-4-6-17(7-5-16)21(23)27/h4-7,10-11,18H,8-9,12H2,1-3H3,(H2,23,27). The van der Waals surface area contributed by atoms with Gasteiger partial charge in [0.25, 0.3) is 5.91 Å². The summed E-state index contributed by atoms with van der Waals surface area (Å²) in [6.45, 7) is 6.22. The fourth-order valence-electron chi connectivity index (χ4n) is 3.67. The van der Waals surface area contributed by atoms with Crippen molar-refractivity contribution in [2.45, 2.75) is 46.2 Å². The maximum atomic E-state index is 13.4. The van der Waals surface area contributed by atoms with Crippen molar-refractivity contribution < 1.29 is 14.1 Å². The van der Waals surface area contributed by atoms with Crippen molar-refractivity contribution in [2.75, 3.05) is 0 Å². The molecule has 0 spiro atoms. The molecule has 0 atom stereocenters. The van der Waals surface area contributed by atoms with Crippen LogP contribution >= 0.6 is 0 Å². The Balaban J connectivity index is 1.62. The number of carbonyl (C=O) groups is 2. The molecule has 1 fully saturated rings. The third-order valence-corrected chi connectivity index (χ3v) is 5.35. The molecular formula is C22H24N4O3. The number of nitrogens with zero attached hydrogens (tertiary/aromatic N) is 3. The highest BCUT2D eigenvalue weighted by atomic mass is 16.5. The molecule has 3 aromatic rings. The fourth-order valence-corrected chi connectivity index (χ4v) is 3.67. The SMILES string of the molecule is Cc1cc(-n2c(C)cc(C(=O)N(Cc3ccc(C(N)=O)cc3)C3CC3)c2C)no1. The van der Waals surface area contributed by atoms with Gasteiger partial charge in [0.2, 0.25) is 5.91 Å². The highest BCUT2D eigenvalue weighted by Crippen LogP contribution is 2.31. The topological polar surface area (TPSA) is 94.4 Å². The van der Waals surface area contributed by atoms with Crippen molar-refractivity contribution in [3.05, 3.63) is 70.2 Å². The second kappa shape index (κ2) is 7.24. The van der Waals surface area contributed by atoms with Crippen LogP contribution in [0.2, 0.25) is 0 Å². The lowest BCUT2D eigenvalue weighted by Gasteiger charge is -2.23. The molecule has 29 heavy (non-hydrogen) atoms. The monoisotopic (exact) mass is 392 g/mol. The van der Waals surface area contributed by atoms with E-state index in [0.717, 1.165) is 35.6 Å². The van der Waals surface area contributed by atoms with Crippen molar-refractivity contribution in [3.63, 3.8) is 0 Å². The second-order valence-corrected chi connectivity index (χ2v) is 7.64. The molecule has 2 amide bonds. The molecule has 150 valence electrons. The van der Waals surface area contributed by atoms with E-state index in [2.05, 4.69) is 5.16 Å². The van der Waals surface area contributed by atoms with Crippen LogP contribution in [0.1, 0.15) is 56.3 Å². The molecule has 2 heterocycles. The summed E-state index contributed by atoms with van der Waals surface area (Å²) >= 11 is 0. The molecule has 1 aromatic carbocycles. The molecule has 0 aliphatic heterocycles. The molecule has 1 aliphatic carbocycles. The van der Waals surface area contributed by atoms with Gasteiger partial charge >= 0.3 is 0 Å². The van der Waals surface area contributed by atoms with Crippen LogP contribution in [0.4, 0.5) is 0 Å². The zero-order chi connectivity index (χ0) is 20.7. The first-order valence-electron chi connectivity index (χ1n) is 9.67. The minimum Gasteiger partial charge on any atom is -0.366 e. The number of nitrogens with two attached hydrogens (primary N) is 1. The van der Waals surface area contributed by atoms with Crippen molar-refractivity contribution in [1.82, 2.24) is 14.6 Å². The Bertz CT molecular complexity index is 1070. The average molecular weight is 392 g/mol. The number of benzene rings is 1. The third-order valence-electron chi connectivity index (χ3n) is 5.35. The van der Waals surface area contributed by atoms with E-state index in [4.69, 9.17) is 10.3 Å². The Morgan fingerprint density at radius 1 is 1.17 bits per heavy atom. The number of aromatic nitrogens is 2. The van der Waals surface area contributed by atoms with Gasteiger partial charge in [-0.15, -0.1) is 0 Å². The van der Waals surface area contributed by atoms with Crippen LogP contribution in [-0.4, -0.2) is 32.5 Å². The largest absolute Gasteiger partial charge is 0.366 e. The molecule has 0 saturated heterocycles. The minimum atomic E-state index is -0.456. The lowest BCUT2D eigenvalue weighted by molar-refractivity contribution is 0.0729. The van der Waals surface area contributed by atoms with Gasteiger partial charge in [0.05, 0.1) is 5.56 Å². The number of rotatable bonds is 6. The van der Waals surface area contributed by atoms with Crippen molar-refractivity contribution in [2.24, 2.45) is 5.73 Å². The number of hydrogen-bond donors (Lipinski definition) is 1. The average Bonchev–Trinajstić information content (AvgIpc) is 3.38. The highest BCUT2D eigenvalue weighted by Gasteiger charge is 2.34. The molecule has 2 N–H and O–H groups in total. The maximum Gasteiger partial charge on any atom is 0.256 e. The highest BCUT2D eigenvalue weighted by molar-refractivity contribution is 5.96. The van der Waals surface area contributed by atoms with Gasteiger partial charge in [-0.1, -0.05) is 17.3 Å². The van der Waals surface area contributed by atoms with Crippen molar-refractivity contribution in [1.29, 1.82) is 0 Å². The number of aryl methyl sites for hydroxylation is 2. The summed E-state index contributed by atoms with van der Waals surface area (Å²) < 4.78 is 7.14. The summed E-state index contributed by atoms with van der Waals surface area (Å²) in [6, 6.07) is 11.1. The predicted octanol–water partition coefficient (Wildman–Crippen LogP) is 3.29. The molecule has 7 nitrogen and oxygen atoms in total. The van der Waals surface area contributed by atoms with E-state index in [1.807, 2.05) is 54.5 Å². The summed E-state index contributed by atoms with van der Waals surface area (Å²) in [5.74, 6) is 0.948. The van der Waals surface area contributed by atoms with Crippen LogP contribution in [0, 0.1) is 20.8 Å². The number of hydrogen-bond acceptors (Lipinski definition) is 4. The van der Waals surface area contributed by atoms with Crippen LogP contribution in [-0.2, 0) is 6.54 Å². The smallest absolute Gasteiger partial charge is 0.256 e. The van der Waals surface area contributed by atoms with Crippen LogP contribution in [0.5, 0.6) is 0 Å². The van der Waals surface area contributed by atoms with Gasteiger partial charge in [-0.25, -0.2) is 0 Å². The summed E-state index contributed by atoms with van der Waals surface area (Å²) in [5, 5.41) is 4.09. The van der Waals surface area contributed by atoms with E-state index in [-0.39, 0.29) is 11.9 Å². The van der Waals surface area contributed by atoms with Gasteiger partial charge in [0.15, 0.2) is 5.82 Å². The van der Waals surface area contributed by atoms with Gasteiger partial charge in [-0.3, -0.25) is 14.2 Å². The van der Waals surface area contributed by atoms with Gasteiger partial charge in [-0.05, 0) is 57.4 Å². The predicted molar refractivity (Wildman–Crippen MR) is 108 cm³/mol. The first-order chi connectivity index (χ1) is 13.8. The summed E-state index contributed by atoms with van der Waals surface area (Å²) in [6.07, 6.45) is 2.01. The van der Waals surface area contributed by atoms with Crippen molar-refractivity contribution in [3.8, 4) is 5.82 Å². The lowest BCUT2D eigenvalue weighted by Crippen LogP contribution is -2.33. The van der Waals surface area contributed by atoms with Gasteiger partial charge in [-0.2, -0.15) is 0 Å². The third kappa shape index (κ3) is 3.68. The molecule has 1 saturated carbocycles. The second-order valence-electron chi connectivity index (χ2n) is 7.64. The molecule has 1 aliphatic rings. The lowest BCUT2D eigenvalue weighted by atomic mass is 10.1. The van der Waals surface area contributed by atoms with E-state index in [9.17, 15) is 9.59 Å².